The molecule has 2 unspecified atom stereocenters. The van der Waals surface area contributed by atoms with E-state index in [1.807, 2.05) is 0 Å². The fourth-order valence-electron chi connectivity index (χ4n) is 2.73. The first kappa shape index (κ1) is 11.4. The molecule has 2 rings (SSSR count). The monoisotopic (exact) mass is 210 g/mol. The Morgan fingerprint density at radius 3 is 2.67 bits per heavy atom. The van der Waals surface area contributed by atoms with Crippen LogP contribution < -0.4 is 5.32 Å². The minimum absolute atomic E-state index is 0.628. The third kappa shape index (κ3) is 2.73. The average molecular weight is 210 g/mol. The summed E-state index contributed by atoms with van der Waals surface area (Å²) >= 11 is 0. The molecule has 0 spiro atoms. The van der Waals surface area contributed by atoms with E-state index in [2.05, 4.69) is 31.1 Å². The van der Waals surface area contributed by atoms with Crippen LogP contribution in [0.25, 0.3) is 0 Å². The lowest BCUT2D eigenvalue weighted by Gasteiger charge is -2.34. The van der Waals surface area contributed by atoms with Crippen LogP contribution in [0.15, 0.2) is 0 Å². The summed E-state index contributed by atoms with van der Waals surface area (Å²) in [6, 6.07) is 1.50. The number of hydrogen-bond donors (Lipinski definition) is 1. The Balaban J connectivity index is 1.77. The lowest BCUT2D eigenvalue weighted by molar-refractivity contribution is 0.160. The van der Waals surface area contributed by atoms with E-state index in [4.69, 9.17) is 0 Å². The van der Waals surface area contributed by atoms with Gasteiger partial charge in [0.25, 0.3) is 0 Å². The number of rotatable bonds is 4. The second-order valence-electron chi connectivity index (χ2n) is 5.92. The molecule has 1 N–H and O–H groups in total. The van der Waals surface area contributed by atoms with Gasteiger partial charge in [-0.3, -0.25) is 0 Å². The quantitative estimate of drug-likeness (QED) is 0.765. The molecule has 0 aromatic heterocycles. The SMILES string of the molecule is CC(N(C)CC1CCCCN1)C1(C)CC1. The molecule has 88 valence electrons. The molecule has 0 aromatic rings. The molecule has 1 aliphatic heterocycles. The van der Waals surface area contributed by atoms with Crippen molar-refractivity contribution in [3.05, 3.63) is 0 Å². The Hall–Kier alpha value is -0.0800. The fourth-order valence-corrected chi connectivity index (χ4v) is 2.73. The van der Waals surface area contributed by atoms with Gasteiger partial charge in [0.05, 0.1) is 0 Å². The molecule has 1 saturated heterocycles. The van der Waals surface area contributed by atoms with Crippen molar-refractivity contribution in [2.24, 2.45) is 5.41 Å². The molecule has 15 heavy (non-hydrogen) atoms. The third-order valence-electron chi connectivity index (χ3n) is 4.63. The van der Waals surface area contributed by atoms with Gasteiger partial charge in [-0.1, -0.05) is 13.3 Å². The van der Waals surface area contributed by atoms with Crippen molar-refractivity contribution in [1.82, 2.24) is 10.2 Å². The van der Waals surface area contributed by atoms with E-state index in [0.717, 1.165) is 12.1 Å². The second-order valence-corrected chi connectivity index (χ2v) is 5.92. The van der Waals surface area contributed by atoms with Crippen molar-refractivity contribution in [2.75, 3.05) is 20.1 Å². The molecule has 2 aliphatic rings. The van der Waals surface area contributed by atoms with E-state index in [9.17, 15) is 0 Å². The summed E-state index contributed by atoms with van der Waals surface area (Å²) in [5.41, 5.74) is 0.628. The molecule has 0 amide bonds. The molecule has 0 bridgehead atoms. The minimum Gasteiger partial charge on any atom is -0.313 e. The number of hydrogen-bond acceptors (Lipinski definition) is 2. The molecular formula is C13H26N2. The van der Waals surface area contributed by atoms with Crippen LogP contribution in [0.1, 0.15) is 46.0 Å². The first-order valence-electron chi connectivity index (χ1n) is 6.55. The van der Waals surface area contributed by atoms with Crippen molar-refractivity contribution < 1.29 is 0 Å². The standard InChI is InChI=1S/C13H26N2/c1-11(13(2)7-8-13)15(3)10-12-6-4-5-9-14-12/h11-12,14H,4-10H2,1-3H3. The van der Waals surface area contributed by atoms with Gasteiger partial charge in [-0.15, -0.1) is 0 Å². The van der Waals surface area contributed by atoms with E-state index in [-0.39, 0.29) is 0 Å². The molecule has 1 heterocycles. The largest absolute Gasteiger partial charge is 0.313 e. The molecule has 2 fully saturated rings. The van der Waals surface area contributed by atoms with Crippen LogP contribution in [0.4, 0.5) is 0 Å². The summed E-state index contributed by atoms with van der Waals surface area (Å²) in [6.07, 6.45) is 7.01. The van der Waals surface area contributed by atoms with Gasteiger partial charge in [0, 0.05) is 18.6 Å². The predicted molar refractivity (Wildman–Crippen MR) is 65.1 cm³/mol. The molecule has 2 nitrogen and oxygen atoms in total. The Kier molecular flexibility index (Phi) is 3.36. The van der Waals surface area contributed by atoms with Crippen LogP contribution in [0, 0.1) is 5.41 Å². The summed E-state index contributed by atoms with van der Waals surface area (Å²) in [6.45, 7) is 7.29. The molecule has 0 radical (unpaired) electrons. The highest BCUT2D eigenvalue weighted by Crippen LogP contribution is 2.49. The topological polar surface area (TPSA) is 15.3 Å². The van der Waals surface area contributed by atoms with Crippen LogP contribution in [-0.2, 0) is 0 Å². The van der Waals surface area contributed by atoms with Crippen molar-refractivity contribution in [1.29, 1.82) is 0 Å². The Labute approximate surface area is 94.4 Å². The smallest absolute Gasteiger partial charge is 0.0195 e. The van der Waals surface area contributed by atoms with Crippen LogP contribution in [0.5, 0.6) is 0 Å². The highest BCUT2D eigenvalue weighted by molar-refractivity contribution is 4.97. The number of likely N-dealkylation sites (N-methyl/N-ethyl adjacent to an activating group) is 1. The third-order valence-corrected chi connectivity index (χ3v) is 4.63. The summed E-state index contributed by atoms with van der Waals surface area (Å²) in [5.74, 6) is 0. The molecule has 1 aliphatic carbocycles. The highest BCUT2D eigenvalue weighted by atomic mass is 15.2. The molecular weight excluding hydrogens is 184 g/mol. The maximum Gasteiger partial charge on any atom is 0.0195 e. The molecule has 2 heteroatoms. The summed E-state index contributed by atoms with van der Waals surface area (Å²) < 4.78 is 0. The van der Waals surface area contributed by atoms with Gasteiger partial charge in [0.15, 0.2) is 0 Å². The Morgan fingerprint density at radius 2 is 2.13 bits per heavy atom. The van der Waals surface area contributed by atoms with Crippen molar-refractivity contribution >= 4 is 0 Å². The fraction of sp³-hybridized carbons (Fsp3) is 1.00. The van der Waals surface area contributed by atoms with E-state index in [1.54, 1.807) is 0 Å². The van der Waals surface area contributed by atoms with Crippen LogP contribution in [0.2, 0.25) is 0 Å². The number of nitrogens with one attached hydrogen (secondary N) is 1. The van der Waals surface area contributed by atoms with Crippen LogP contribution >= 0.6 is 0 Å². The van der Waals surface area contributed by atoms with E-state index < -0.39 is 0 Å². The zero-order valence-electron chi connectivity index (χ0n) is 10.6. The Morgan fingerprint density at radius 1 is 1.40 bits per heavy atom. The van der Waals surface area contributed by atoms with Gasteiger partial charge >= 0.3 is 0 Å². The normalized spacial score (nSPS) is 31.6. The maximum absolute atomic E-state index is 3.64. The predicted octanol–water partition coefficient (Wildman–Crippen LogP) is 2.25. The van der Waals surface area contributed by atoms with Crippen LogP contribution in [-0.4, -0.2) is 37.1 Å². The average Bonchev–Trinajstić information content (AvgIpc) is 2.98. The molecule has 2 atom stereocenters. The Bertz CT molecular complexity index is 205. The first-order valence-corrected chi connectivity index (χ1v) is 6.55. The van der Waals surface area contributed by atoms with Gasteiger partial charge in [-0.2, -0.15) is 0 Å². The van der Waals surface area contributed by atoms with Crippen molar-refractivity contribution in [3.63, 3.8) is 0 Å². The highest BCUT2D eigenvalue weighted by Gasteiger charge is 2.44. The summed E-state index contributed by atoms with van der Waals surface area (Å²) in [4.78, 5) is 2.57. The second kappa shape index (κ2) is 4.42. The zero-order valence-corrected chi connectivity index (χ0v) is 10.6. The van der Waals surface area contributed by atoms with Gasteiger partial charge < -0.3 is 10.2 Å². The van der Waals surface area contributed by atoms with E-state index in [0.29, 0.717) is 5.41 Å². The van der Waals surface area contributed by atoms with Gasteiger partial charge in [0.1, 0.15) is 0 Å². The lowest BCUT2D eigenvalue weighted by atomic mass is 9.98. The van der Waals surface area contributed by atoms with Crippen LogP contribution in [0.3, 0.4) is 0 Å². The molecule has 1 saturated carbocycles. The lowest BCUT2D eigenvalue weighted by Crippen LogP contribution is -2.46. The van der Waals surface area contributed by atoms with E-state index in [1.165, 1.54) is 45.2 Å². The maximum atomic E-state index is 3.64. The number of nitrogens with zero attached hydrogens (tertiary/aromatic N) is 1. The van der Waals surface area contributed by atoms with Crippen molar-refractivity contribution in [3.8, 4) is 0 Å². The van der Waals surface area contributed by atoms with Crippen molar-refractivity contribution in [2.45, 2.75) is 58.0 Å². The van der Waals surface area contributed by atoms with E-state index >= 15 is 0 Å². The van der Waals surface area contributed by atoms with Gasteiger partial charge in [-0.05, 0) is 51.6 Å². The first-order chi connectivity index (χ1) is 7.12. The van der Waals surface area contributed by atoms with Gasteiger partial charge in [0.2, 0.25) is 0 Å². The molecule has 0 aromatic carbocycles. The van der Waals surface area contributed by atoms with Gasteiger partial charge in [-0.25, -0.2) is 0 Å². The zero-order chi connectivity index (χ0) is 10.9. The summed E-state index contributed by atoms with van der Waals surface area (Å²) in [5, 5.41) is 3.64. The minimum atomic E-state index is 0.628. The number of piperidine rings is 1. The summed E-state index contributed by atoms with van der Waals surface area (Å²) in [7, 11) is 2.30.